The molecule has 176 valence electrons. The zero-order valence-corrected chi connectivity index (χ0v) is 20.4. The van der Waals surface area contributed by atoms with Gasteiger partial charge in [-0.1, -0.05) is 34.6 Å². The van der Waals surface area contributed by atoms with E-state index in [1.54, 1.807) is 13.8 Å². The molecule has 1 spiro atoms. The second kappa shape index (κ2) is 8.04. The molecule has 0 aromatic rings. The van der Waals surface area contributed by atoms with Crippen molar-refractivity contribution in [2.24, 2.45) is 40.4 Å². The first kappa shape index (κ1) is 23.1. The van der Waals surface area contributed by atoms with Crippen molar-refractivity contribution in [2.45, 2.75) is 105 Å². The molecule has 5 nitrogen and oxygen atoms in total. The Morgan fingerprint density at radius 3 is 2.32 bits per heavy atom. The van der Waals surface area contributed by atoms with Gasteiger partial charge in [0.05, 0.1) is 18.4 Å². The maximum atomic E-state index is 13.2. The molecule has 3 aliphatic carbocycles. The zero-order valence-electron chi connectivity index (χ0n) is 20.4. The van der Waals surface area contributed by atoms with E-state index >= 15 is 0 Å². The van der Waals surface area contributed by atoms with E-state index in [0.29, 0.717) is 17.9 Å². The van der Waals surface area contributed by atoms with E-state index in [4.69, 9.17) is 14.2 Å². The summed E-state index contributed by atoms with van der Waals surface area (Å²) in [5.74, 6) is 0.136. The summed E-state index contributed by atoms with van der Waals surface area (Å²) >= 11 is 0. The Kier molecular flexibility index (Phi) is 5.98. The monoisotopic (exact) mass is 434 g/mol. The smallest absolute Gasteiger partial charge is 0.311 e. The Hall–Kier alpha value is -1.10. The van der Waals surface area contributed by atoms with Gasteiger partial charge in [-0.2, -0.15) is 0 Å². The van der Waals surface area contributed by atoms with E-state index in [1.165, 1.54) is 19.3 Å². The van der Waals surface area contributed by atoms with Crippen molar-refractivity contribution in [3.63, 3.8) is 0 Å². The minimum atomic E-state index is -0.549. The molecular weight excluding hydrogens is 392 g/mol. The first-order chi connectivity index (χ1) is 14.5. The minimum absolute atomic E-state index is 0.169. The van der Waals surface area contributed by atoms with E-state index in [1.807, 2.05) is 0 Å². The van der Waals surface area contributed by atoms with E-state index in [-0.39, 0.29) is 17.4 Å². The average Bonchev–Trinajstić information content (AvgIpc) is 3.16. The lowest BCUT2D eigenvalue weighted by atomic mass is 9.64. The van der Waals surface area contributed by atoms with E-state index < -0.39 is 23.7 Å². The molecule has 8 atom stereocenters. The predicted octanol–water partition coefficient (Wildman–Crippen LogP) is 5.50. The third-order valence-corrected chi connectivity index (χ3v) is 9.98. The van der Waals surface area contributed by atoms with Gasteiger partial charge in [-0.25, -0.2) is 0 Å². The van der Waals surface area contributed by atoms with Gasteiger partial charge < -0.3 is 14.2 Å². The van der Waals surface area contributed by atoms with Crippen molar-refractivity contribution in [1.29, 1.82) is 0 Å². The molecule has 4 aliphatic rings. The molecule has 0 aromatic carbocycles. The topological polar surface area (TPSA) is 61.8 Å². The van der Waals surface area contributed by atoms with Crippen molar-refractivity contribution in [2.75, 3.05) is 6.61 Å². The summed E-state index contributed by atoms with van der Waals surface area (Å²) < 4.78 is 17.3. The van der Waals surface area contributed by atoms with Gasteiger partial charge >= 0.3 is 11.9 Å². The fourth-order valence-electron chi connectivity index (χ4n) is 7.75. The second-order valence-corrected chi connectivity index (χ2v) is 11.9. The fourth-order valence-corrected chi connectivity index (χ4v) is 7.75. The van der Waals surface area contributed by atoms with Gasteiger partial charge in [-0.05, 0) is 74.5 Å². The number of hydrogen-bond donors (Lipinski definition) is 0. The Balaban J connectivity index is 1.41. The fraction of sp³-hybridized carbons (Fsp3) is 0.923. The standard InChI is InChI=1S/C26H42O5/c1-16-10-11-19-24(4,5)20-15-26(16,19)13-12-25(20,6)31-23(28)18(3)17(2)22(27)30-21-9-7-8-14-29-21/h16-21H,7-15H2,1-6H3/t16?,17?,18?,19?,20?,21?,25-,26?/m1/s1. The maximum absolute atomic E-state index is 13.2. The third kappa shape index (κ3) is 3.73. The highest BCUT2D eigenvalue weighted by Crippen LogP contribution is 2.73. The van der Waals surface area contributed by atoms with Crippen LogP contribution >= 0.6 is 0 Å². The quantitative estimate of drug-likeness (QED) is 0.535. The summed E-state index contributed by atoms with van der Waals surface area (Å²) in [4.78, 5) is 25.8. The number of carbonyl (C=O) groups is 2. The molecular formula is C26H42O5. The summed E-state index contributed by atoms with van der Waals surface area (Å²) in [6.07, 6.45) is 8.14. The molecule has 4 fully saturated rings. The van der Waals surface area contributed by atoms with Crippen molar-refractivity contribution < 1.29 is 23.8 Å². The number of carbonyl (C=O) groups excluding carboxylic acids is 2. The summed E-state index contributed by atoms with van der Waals surface area (Å²) in [5.41, 5.74) is 0.144. The van der Waals surface area contributed by atoms with Gasteiger partial charge in [0.25, 0.3) is 0 Å². The van der Waals surface area contributed by atoms with Crippen molar-refractivity contribution in [3.05, 3.63) is 0 Å². The highest BCUT2D eigenvalue weighted by molar-refractivity contribution is 5.81. The molecule has 3 saturated carbocycles. The van der Waals surface area contributed by atoms with Crippen molar-refractivity contribution in [3.8, 4) is 0 Å². The first-order valence-electron chi connectivity index (χ1n) is 12.6. The van der Waals surface area contributed by atoms with E-state index in [9.17, 15) is 9.59 Å². The molecule has 0 aromatic heterocycles. The molecule has 0 amide bonds. The lowest BCUT2D eigenvalue weighted by molar-refractivity contribution is -0.197. The molecule has 4 rings (SSSR count). The van der Waals surface area contributed by atoms with Crippen LogP contribution in [0, 0.1) is 40.4 Å². The number of rotatable bonds is 5. The largest absolute Gasteiger partial charge is 0.459 e. The molecule has 7 unspecified atom stereocenters. The average molecular weight is 435 g/mol. The summed E-state index contributed by atoms with van der Waals surface area (Å²) in [5, 5.41) is 0. The Labute approximate surface area is 188 Å². The lowest BCUT2D eigenvalue weighted by Crippen LogP contribution is -2.48. The second-order valence-electron chi connectivity index (χ2n) is 11.9. The Bertz CT molecular complexity index is 711. The summed E-state index contributed by atoms with van der Waals surface area (Å²) in [7, 11) is 0. The van der Waals surface area contributed by atoms with Crippen LogP contribution in [0.15, 0.2) is 0 Å². The van der Waals surface area contributed by atoms with Gasteiger partial charge in [0.15, 0.2) is 0 Å². The number of fused-ring (bicyclic) bond motifs is 1. The maximum Gasteiger partial charge on any atom is 0.311 e. The van der Waals surface area contributed by atoms with Gasteiger partial charge in [0.2, 0.25) is 6.29 Å². The molecule has 0 N–H and O–H groups in total. The minimum Gasteiger partial charge on any atom is -0.459 e. The van der Waals surface area contributed by atoms with E-state index in [2.05, 4.69) is 27.7 Å². The molecule has 1 aliphatic heterocycles. The number of ether oxygens (including phenoxy) is 3. The highest BCUT2D eigenvalue weighted by Gasteiger charge is 2.69. The Morgan fingerprint density at radius 2 is 1.65 bits per heavy atom. The SMILES string of the molecule is CC(C(=O)OC1CCCCO1)C(C)C(=O)O[C@]1(C)CCC23CC1C(C)(C)C2CCC3C. The van der Waals surface area contributed by atoms with Crippen LogP contribution in [0.25, 0.3) is 0 Å². The molecule has 1 saturated heterocycles. The molecule has 31 heavy (non-hydrogen) atoms. The van der Waals surface area contributed by atoms with Crippen LogP contribution in [0.5, 0.6) is 0 Å². The van der Waals surface area contributed by atoms with Crippen LogP contribution in [0.4, 0.5) is 0 Å². The lowest BCUT2D eigenvalue weighted by Gasteiger charge is -2.47. The van der Waals surface area contributed by atoms with Crippen LogP contribution in [-0.2, 0) is 23.8 Å². The molecule has 5 heteroatoms. The van der Waals surface area contributed by atoms with Gasteiger partial charge in [0, 0.05) is 12.3 Å². The van der Waals surface area contributed by atoms with Crippen LogP contribution in [-0.4, -0.2) is 30.4 Å². The molecule has 0 radical (unpaired) electrons. The van der Waals surface area contributed by atoms with Gasteiger partial charge in [-0.15, -0.1) is 0 Å². The number of esters is 2. The van der Waals surface area contributed by atoms with E-state index in [0.717, 1.165) is 43.9 Å². The Morgan fingerprint density at radius 1 is 0.935 bits per heavy atom. The molecule has 1 heterocycles. The third-order valence-electron chi connectivity index (χ3n) is 9.98. The van der Waals surface area contributed by atoms with Crippen molar-refractivity contribution >= 4 is 11.9 Å². The van der Waals surface area contributed by atoms with Crippen molar-refractivity contribution in [1.82, 2.24) is 0 Å². The van der Waals surface area contributed by atoms with Crippen LogP contribution in [0.2, 0.25) is 0 Å². The summed E-state index contributed by atoms with van der Waals surface area (Å²) in [6.45, 7) is 13.5. The summed E-state index contributed by atoms with van der Waals surface area (Å²) in [6, 6.07) is 0. The predicted molar refractivity (Wildman–Crippen MR) is 118 cm³/mol. The van der Waals surface area contributed by atoms with Crippen LogP contribution in [0.3, 0.4) is 0 Å². The number of hydrogen-bond acceptors (Lipinski definition) is 5. The highest BCUT2D eigenvalue weighted by atomic mass is 16.7. The zero-order chi connectivity index (χ0) is 22.6. The normalized spacial score (nSPS) is 43.0. The van der Waals surface area contributed by atoms with Crippen LogP contribution < -0.4 is 0 Å². The molecule has 2 bridgehead atoms. The van der Waals surface area contributed by atoms with Crippen LogP contribution in [0.1, 0.15) is 92.9 Å². The van der Waals surface area contributed by atoms with Gasteiger partial charge in [0.1, 0.15) is 5.60 Å². The first-order valence-corrected chi connectivity index (χ1v) is 12.6. The van der Waals surface area contributed by atoms with Gasteiger partial charge in [-0.3, -0.25) is 9.59 Å².